The first kappa shape index (κ1) is 40.3. The molecule has 1 aliphatic heterocycles. The highest BCUT2D eigenvalue weighted by atomic mass is 32.1. The molecule has 0 aliphatic carbocycles. The summed E-state index contributed by atoms with van der Waals surface area (Å²) in [6.07, 6.45) is 2.44. The van der Waals surface area contributed by atoms with Gasteiger partial charge in [0, 0.05) is 11.3 Å². The Bertz CT molecular complexity index is 1860. The van der Waals surface area contributed by atoms with Crippen LogP contribution in [-0.2, 0) is 25.8 Å². The van der Waals surface area contributed by atoms with E-state index < -0.39 is 35.9 Å². The molecule has 3 heterocycles. The highest BCUT2D eigenvalue weighted by molar-refractivity contribution is 7.09. The van der Waals surface area contributed by atoms with Crippen molar-refractivity contribution in [2.45, 2.75) is 117 Å². The van der Waals surface area contributed by atoms with Crippen LogP contribution in [0.15, 0.2) is 65.6 Å². The number of hydrogen-bond donors (Lipinski definition) is 3. The lowest BCUT2D eigenvalue weighted by atomic mass is 9.73. The zero-order valence-corrected chi connectivity index (χ0v) is 32.5. The second-order valence-electron chi connectivity index (χ2n) is 15.1. The minimum absolute atomic E-state index is 0.0267. The van der Waals surface area contributed by atoms with Crippen LogP contribution in [0.5, 0.6) is 0 Å². The van der Waals surface area contributed by atoms with E-state index in [9.17, 15) is 19.8 Å². The number of para-hydroxylation sites is 1. The molecule has 0 radical (unpaired) electrons. The number of rotatable bonds is 20. The molecular weight excluding hydrogens is 695 g/mol. The molecule has 1 fully saturated rings. The minimum Gasteiger partial charge on any atom is -0.392 e. The van der Waals surface area contributed by atoms with Crippen molar-refractivity contribution < 1.29 is 34.2 Å². The lowest BCUT2D eigenvalue weighted by Gasteiger charge is -2.34. The number of thiazole rings is 1. The van der Waals surface area contributed by atoms with E-state index in [1.54, 1.807) is 56.4 Å². The maximum Gasteiger partial charge on any atom is 0.337 e. The quantitative estimate of drug-likeness (QED) is 0.0549. The Hall–Kier alpha value is -3.85. The van der Waals surface area contributed by atoms with E-state index >= 15 is 0 Å². The number of hydroxylamine groups is 1. The molecule has 0 amide bonds. The largest absolute Gasteiger partial charge is 0.392 e. The first-order valence-electron chi connectivity index (χ1n) is 18.3. The van der Waals surface area contributed by atoms with Crippen molar-refractivity contribution in [3.63, 3.8) is 0 Å². The number of epoxide rings is 1. The summed E-state index contributed by atoms with van der Waals surface area (Å²) in [5, 5.41) is 33.1. The van der Waals surface area contributed by atoms with Crippen molar-refractivity contribution in [3.05, 3.63) is 81.8 Å². The summed E-state index contributed by atoms with van der Waals surface area (Å²) < 4.78 is 6.26. The van der Waals surface area contributed by atoms with Gasteiger partial charge in [-0.25, -0.2) is 9.78 Å². The van der Waals surface area contributed by atoms with Crippen molar-refractivity contribution in [2.24, 2.45) is 17.3 Å². The molecule has 0 saturated carbocycles. The number of aryl methyl sites for hydroxylation is 1. The molecule has 12 nitrogen and oxygen atoms in total. The Morgan fingerprint density at radius 3 is 2.57 bits per heavy atom. The summed E-state index contributed by atoms with van der Waals surface area (Å²) in [6.45, 7) is 13.4. The highest BCUT2D eigenvalue weighted by Gasteiger charge is 2.52. The predicted molar refractivity (Wildman–Crippen MR) is 203 cm³/mol. The molecule has 0 spiro atoms. The van der Waals surface area contributed by atoms with Crippen LogP contribution in [0.1, 0.15) is 89.9 Å². The van der Waals surface area contributed by atoms with Crippen molar-refractivity contribution in [3.8, 4) is 0 Å². The number of nitrogens with zero attached hydrogens (tertiary/aromatic N) is 4. The molecule has 1 aliphatic rings. The molecule has 1 saturated heterocycles. The van der Waals surface area contributed by atoms with Gasteiger partial charge < -0.3 is 19.8 Å². The van der Waals surface area contributed by atoms with E-state index in [0.717, 1.165) is 45.9 Å². The predicted octanol–water partition coefficient (Wildman–Crippen LogP) is 6.04. The standard InChI is InChI=1S/C40H53N5O7S/c1-25(37(48)27(3)38(49)39(5,6)34(46)22-36(47)52-45-33-18-12-11-17-31(33)42-44-45)14-13-19-40(7)35(51-40)21-32(26(2)20-30-24-53-28(4)41-30)43-50-23-29-15-9-8-10-16-29/h8-12,15-18,20,24-25,27,32,34-35,37,43,46,48H,13-14,19,21-23H2,1-7H3/b26-20+/t25-,27+,32-,34-,35-,37-,40+/m0/s1. The molecule has 286 valence electrons. The van der Waals surface area contributed by atoms with Gasteiger partial charge in [-0.2, -0.15) is 5.48 Å². The highest BCUT2D eigenvalue weighted by Crippen LogP contribution is 2.44. The number of Topliss-reactive ketones (excluding diaryl/α,β-unsaturated/α-hetero) is 1. The van der Waals surface area contributed by atoms with E-state index in [-0.39, 0.29) is 29.4 Å². The number of benzene rings is 2. The lowest BCUT2D eigenvalue weighted by molar-refractivity contribution is -0.152. The normalized spacial score (nSPS) is 20.5. The third kappa shape index (κ3) is 10.4. The number of carbonyl (C=O) groups is 2. The van der Waals surface area contributed by atoms with Gasteiger partial charge in [0.15, 0.2) is 0 Å². The van der Waals surface area contributed by atoms with E-state index in [1.807, 2.05) is 49.6 Å². The summed E-state index contributed by atoms with van der Waals surface area (Å²) in [4.78, 5) is 43.1. The number of fused-ring (bicyclic) bond motifs is 1. The zero-order valence-electron chi connectivity index (χ0n) is 31.7. The Morgan fingerprint density at radius 1 is 1.13 bits per heavy atom. The van der Waals surface area contributed by atoms with Gasteiger partial charge in [0.1, 0.15) is 16.8 Å². The SMILES string of the molecule is C/C(=C\c1csc(C)n1)[C@H](C[C@@H]1O[C@]1(C)CCC[C@H](C)[C@H](O)[C@@H](C)C(=O)C(C)(C)[C@@H](O)CC(=O)On1nnc2ccccc21)NOCc1ccccc1. The van der Waals surface area contributed by atoms with Gasteiger partial charge in [-0.1, -0.05) is 87.0 Å². The first-order valence-corrected chi connectivity index (χ1v) is 19.2. The smallest absolute Gasteiger partial charge is 0.337 e. The van der Waals surface area contributed by atoms with Gasteiger partial charge >= 0.3 is 5.97 Å². The van der Waals surface area contributed by atoms with E-state index in [1.165, 1.54) is 0 Å². The first-order chi connectivity index (χ1) is 25.2. The van der Waals surface area contributed by atoms with Crippen LogP contribution in [0.3, 0.4) is 0 Å². The van der Waals surface area contributed by atoms with E-state index in [0.29, 0.717) is 24.1 Å². The number of hydrogen-bond acceptors (Lipinski definition) is 12. The van der Waals surface area contributed by atoms with Crippen LogP contribution < -0.4 is 10.3 Å². The third-order valence-electron chi connectivity index (χ3n) is 10.5. The number of nitrogens with one attached hydrogen (secondary N) is 1. The summed E-state index contributed by atoms with van der Waals surface area (Å²) >= 11 is 1.62. The number of aromatic nitrogens is 4. The van der Waals surface area contributed by atoms with Crippen molar-refractivity contribution in [2.75, 3.05) is 0 Å². The Balaban J connectivity index is 1.09. The molecule has 7 atom stereocenters. The second-order valence-corrected chi connectivity index (χ2v) is 16.2. The maximum atomic E-state index is 13.6. The monoisotopic (exact) mass is 747 g/mol. The lowest BCUT2D eigenvalue weighted by Crippen LogP contribution is -2.46. The van der Waals surface area contributed by atoms with Crippen molar-refractivity contribution in [1.29, 1.82) is 0 Å². The number of aliphatic hydroxyl groups is 2. The average molecular weight is 748 g/mol. The number of ketones is 1. The fourth-order valence-corrected chi connectivity index (χ4v) is 7.31. The van der Waals surface area contributed by atoms with Crippen LogP contribution >= 0.6 is 11.3 Å². The summed E-state index contributed by atoms with van der Waals surface area (Å²) in [7, 11) is 0. The van der Waals surface area contributed by atoms with Gasteiger partial charge in [-0.05, 0) is 74.9 Å². The topological polar surface area (TPSA) is 161 Å². The second kappa shape index (κ2) is 17.5. The fourth-order valence-electron chi connectivity index (χ4n) is 6.74. The van der Waals surface area contributed by atoms with Crippen molar-refractivity contribution >= 4 is 40.2 Å². The Morgan fingerprint density at radius 2 is 1.85 bits per heavy atom. The third-order valence-corrected chi connectivity index (χ3v) is 11.3. The Kier molecular flexibility index (Phi) is 13.3. The van der Waals surface area contributed by atoms with Gasteiger partial charge in [-0.3, -0.25) is 9.63 Å². The number of carbonyl (C=O) groups excluding carboxylic acids is 2. The molecular formula is C40H53N5O7S. The number of ether oxygens (including phenoxy) is 1. The van der Waals surface area contributed by atoms with Gasteiger partial charge in [-0.15, -0.1) is 16.4 Å². The molecule has 0 unspecified atom stereocenters. The van der Waals surface area contributed by atoms with Gasteiger partial charge in [0.05, 0.1) is 59.1 Å². The maximum absolute atomic E-state index is 13.6. The van der Waals surface area contributed by atoms with Gasteiger partial charge in [0.25, 0.3) is 0 Å². The van der Waals surface area contributed by atoms with Crippen LogP contribution in [0.4, 0.5) is 0 Å². The van der Waals surface area contributed by atoms with Crippen molar-refractivity contribution in [1.82, 2.24) is 25.6 Å². The van der Waals surface area contributed by atoms with E-state index in [4.69, 9.17) is 14.4 Å². The van der Waals surface area contributed by atoms with Crippen LogP contribution in [-0.4, -0.2) is 72.1 Å². The average Bonchev–Trinajstić information content (AvgIpc) is 3.38. The number of aliphatic hydroxyl groups excluding tert-OH is 2. The molecule has 0 bridgehead atoms. The Labute approximate surface area is 315 Å². The van der Waals surface area contributed by atoms with Gasteiger partial charge in [0.2, 0.25) is 0 Å². The molecule has 2 aromatic carbocycles. The molecule has 3 N–H and O–H groups in total. The minimum atomic E-state index is -1.34. The molecule has 2 aromatic heterocycles. The van der Waals surface area contributed by atoms with Crippen LogP contribution in [0, 0.1) is 24.2 Å². The summed E-state index contributed by atoms with van der Waals surface area (Å²) in [5.74, 6) is -2.03. The van der Waals surface area contributed by atoms with Crippen LogP contribution in [0.25, 0.3) is 17.1 Å². The molecule has 13 heteroatoms. The molecule has 4 aromatic rings. The molecule has 53 heavy (non-hydrogen) atoms. The van der Waals surface area contributed by atoms with Crippen LogP contribution in [0.2, 0.25) is 0 Å². The molecule has 5 rings (SSSR count). The fraction of sp³-hybridized carbons (Fsp3) is 0.525. The summed E-state index contributed by atoms with van der Waals surface area (Å²) in [5.41, 5.74) is 5.82. The summed E-state index contributed by atoms with van der Waals surface area (Å²) in [6, 6.07) is 16.9. The van der Waals surface area contributed by atoms with E-state index in [2.05, 4.69) is 40.7 Å². The zero-order chi connectivity index (χ0) is 38.3.